The van der Waals surface area contributed by atoms with Gasteiger partial charge in [0.15, 0.2) is 11.5 Å². The molecule has 1 amide bonds. The van der Waals surface area contributed by atoms with Gasteiger partial charge >= 0.3 is 0 Å². The summed E-state index contributed by atoms with van der Waals surface area (Å²) in [6.45, 7) is 5.55. The molecule has 0 saturated heterocycles. The van der Waals surface area contributed by atoms with Gasteiger partial charge in [0, 0.05) is 32.6 Å². The van der Waals surface area contributed by atoms with Crippen LogP contribution in [0.15, 0.2) is 12.1 Å². The maximum atomic E-state index is 11.8. The smallest absolute Gasteiger partial charge is 0.221 e. The van der Waals surface area contributed by atoms with Crippen molar-refractivity contribution in [2.45, 2.75) is 39.2 Å². The Kier molecular flexibility index (Phi) is 6.71. The molecule has 0 bridgehead atoms. The van der Waals surface area contributed by atoms with Crippen molar-refractivity contribution in [1.82, 2.24) is 10.2 Å². The molecule has 5 heteroatoms. The van der Waals surface area contributed by atoms with Crippen LogP contribution in [0.25, 0.3) is 0 Å². The number of carbonyl (C=O) groups excluding carboxylic acids is 1. The number of ether oxygens (including phenoxy) is 2. The Hall–Kier alpha value is -1.75. The molecule has 0 aliphatic carbocycles. The van der Waals surface area contributed by atoms with Crippen molar-refractivity contribution < 1.29 is 14.3 Å². The van der Waals surface area contributed by atoms with Crippen molar-refractivity contribution in [3.63, 3.8) is 0 Å². The Bertz CT molecular complexity index is 531. The third kappa shape index (κ3) is 4.86. The van der Waals surface area contributed by atoms with E-state index in [4.69, 9.17) is 9.47 Å². The topological polar surface area (TPSA) is 50.8 Å². The molecule has 0 atom stereocenters. The monoisotopic (exact) mass is 320 g/mol. The molecule has 5 nitrogen and oxygen atoms in total. The van der Waals surface area contributed by atoms with Crippen molar-refractivity contribution in [3.05, 3.63) is 23.3 Å². The average Bonchev–Trinajstić information content (AvgIpc) is 2.58. The number of amides is 1. The molecule has 1 aromatic carbocycles. The van der Waals surface area contributed by atoms with Crippen molar-refractivity contribution in [2.75, 3.05) is 33.9 Å². The number of unbranched alkanes of at least 4 members (excludes halogenated alkanes) is 1. The van der Waals surface area contributed by atoms with Crippen LogP contribution in [0.3, 0.4) is 0 Å². The van der Waals surface area contributed by atoms with E-state index in [0.717, 1.165) is 56.9 Å². The number of hydrogen-bond donors (Lipinski definition) is 1. The minimum absolute atomic E-state index is 0.150. The Morgan fingerprint density at radius 1 is 1.22 bits per heavy atom. The molecule has 0 unspecified atom stereocenters. The highest BCUT2D eigenvalue weighted by molar-refractivity contribution is 5.76. The van der Waals surface area contributed by atoms with Crippen LogP contribution in [0.4, 0.5) is 0 Å². The second-order valence-corrected chi connectivity index (χ2v) is 5.96. The summed E-state index contributed by atoms with van der Waals surface area (Å²) < 4.78 is 10.7. The lowest BCUT2D eigenvalue weighted by Crippen LogP contribution is -2.34. The fourth-order valence-electron chi connectivity index (χ4n) is 2.89. The predicted octanol–water partition coefficient (Wildman–Crippen LogP) is 2.37. The van der Waals surface area contributed by atoms with E-state index < -0.39 is 0 Å². The average molecular weight is 320 g/mol. The molecule has 23 heavy (non-hydrogen) atoms. The highest BCUT2D eigenvalue weighted by atomic mass is 16.5. The molecule has 1 heterocycles. The van der Waals surface area contributed by atoms with E-state index in [1.807, 2.05) is 0 Å². The Morgan fingerprint density at radius 2 is 1.91 bits per heavy atom. The highest BCUT2D eigenvalue weighted by Crippen LogP contribution is 2.33. The minimum Gasteiger partial charge on any atom is -0.493 e. The maximum absolute atomic E-state index is 11.8. The van der Waals surface area contributed by atoms with E-state index >= 15 is 0 Å². The van der Waals surface area contributed by atoms with E-state index in [0.29, 0.717) is 6.42 Å². The first kappa shape index (κ1) is 17.6. The quantitative estimate of drug-likeness (QED) is 0.747. The number of fused-ring (bicyclic) bond motifs is 1. The second-order valence-electron chi connectivity index (χ2n) is 5.96. The van der Waals surface area contributed by atoms with Crippen LogP contribution in [0, 0.1) is 0 Å². The summed E-state index contributed by atoms with van der Waals surface area (Å²) in [4.78, 5) is 14.1. The van der Waals surface area contributed by atoms with Gasteiger partial charge in [-0.2, -0.15) is 0 Å². The lowest BCUT2D eigenvalue weighted by Gasteiger charge is -2.29. The summed E-state index contributed by atoms with van der Waals surface area (Å²) in [5.41, 5.74) is 2.58. The lowest BCUT2D eigenvalue weighted by atomic mass is 9.98. The van der Waals surface area contributed by atoms with Crippen LogP contribution >= 0.6 is 0 Å². The first-order valence-electron chi connectivity index (χ1n) is 8.40. The third-order valence-corrected chi connectivity index (χ3v) is 4.30. The maximum Gasteiger partial charge on any atom is 0.221 e. The van der Waals surface area contributed by atoms with Gasteiger partial charge in [-0.25, -0.2) is 0 Å². The Balaban J connectivity index is 1.89. The normalized spacial score (nSPS) is 14.2. The molecule has 0 aromatic heterocycles. The molecular formula is C18H28N2O3. The number of nitrogens with one attached hydrogen (secondary N) is 1. The third-order valence-electron chi connectivity index (χ3n) is 4.30. The van der Waals surface area contributed by atoms with Crippen LogP contribution in [0.1, 0.15) is 37.3 Å². The van der Waals surface area contributed by atoms with Crippen molar-refractivity contribution in [2.24, 2.45) is 0 Å². The SMILES string of the molecule is CCCCNC(=O)CCN1CCc2cc(OC)c(OC)cc2C1. The molecule has 2 rings (SSSR count). The summed E-state index contributed by atoms with van der Waals surface area (Å²) in [6.07, 6.45) is 3.69. The molecule has 0 saturated carbocycles. The van der Waals surface area contributed by atoms with E-state index in [-0.39, 0.29) is 5.91 Å². The van der Waals surface area contributed by atoms with E-state index in [2.05, 4.69) is 29.3 Å². The van der Waals surface area contributed by atoms with Crippen LogP contribution in [-0.4, -0.2) is 44.7 Å². The van der Waals surface area contributed by atoms with Gasteiger partial charge in [0.05, 0.1) is 14.2 Å². The predicted molar refractivity (Wildman–Crippen MR) is 91.1 cm³/mol. The Labute approximate surface area is 139 Å². The molecule has 1 aliphatic heterocycles. The van der Waals surface area contributed by atoms with Gasteiger partial charge in [0.1, 0.15) is 0 Å². The van der Waals surface area contributed by atoms with Crippen LogP contribution in [-0.2, 0) is 17.8 Å². The van der Waals surface area contributed by atoms with Gasteiger partial charge in [-0.3, -0.25) is 9.69 Å². The van der Waals surface area contributed by atoms with E-state index in [9.17, 15) is 4.79 Å². The summed E-state index contributed by atoms with van der Waals surface area (Å²) in [5, 5.41) is 2.97. The van der Waals surface area contributed by atoms with E-state index in [1.165, 1.54) is 11.1 Å². The second kappa shape index (κ2) is 8.77. The zero-order valence-corrected chi connectivity index (χ0v) is 14.5. The zero-order valence-electron chi connectivity index (χ0n) is 14.5. The molecule has 0 spiro atoms. The fourth-order valence-corrected chi connectivity index (χ4v) is 2.89. The molecule has 1 aliphatic rings. The molecule has 1 N–H and O–H groups in total. The molecule has 1 aromatic rings. The van der Waals surface area contributed by atoms with Crippen molar-refractivity contribution >= 4 is 5.91 Å². The molecular weight excluding hydrogens is 292 g/mol. The number of nitrogens with zero attached hydrogens (tertiary/aromatic N) is 1. The first-order valence-corrected chi connectivity index (χ1v) is 8.40. The summed E-state index contributed by atoms with van der Waals surface area (Å²) >= 11 is 0. The molecule has 0 fully saturated rings. The first-order chi connectivity index (χ1) is 11.2. The zero-order chi connectivity index (χ0) is 16.7. The van der Waals surface area contributed by atoms with Gasteiger partial charge in [-0.1, -0.05) is 13.3 Å². The number of methoxy groups -OCH3 is 2. The summed E-state index contributed by atoms with van der Waals surface area (Å²) in [6, 6.07) is 4.13. The van der Waals surface area contributed by atoms with Gasteiger partial charge in [-0.05, 0) is 36.1 Å². The van der Waals surface area contributed by atoms with Gasteiger partial charge in [0.25, 0.3) is 0 Å². The highest BCUT2D eigenvalue weighted by Gasteiger charge is 2.19. The van der Waals surface area contributed by atoms with Gasteiger partial charge in [-0.15, -0.1) is 0 Å². The molecule has 0 radical (unpaired) electrons. The Morgan fingerprint density at radius 3 is 2.57 bits per heavy atom. The van der Waals surface area contributed by atoms with Crippen molar-refractivity contribution in [1.29, 1.82) is 0 Å². The number of hydrogen-bond acceptors (Lipinski definition) is 4. The summed E-state index contributed by atoms with van der Waals surface area (Å²) in [5.74, 6) is 1.71. The van der Waals surface area contributed by atoms with Crippen LogP contribution in [0.2, 0.25) is 0 Å². The number of benzene rings is 1. The largest absolute Gasteiger partial charge is 0.493 e. The van der Waals surface area contributed by atoms with Gasteiger partial charge < -0.3 is 14.8 Å². The summed E-state index contributed by atoms with van der Waals surface area (Å²) in [7, 11) is 3.32. The number of carbonyl (C=O) groups is 1. The minimum atomic E-state index is 0.150. The lowest BCUT2D eigenvalue weighted by molar-refractivity contribution is -0.121. The number of rotatable bonds is 8. The van der Waals surface area contributed by atoms with E-state index in [1.54, 1.807) is 14.2 Å². The van der Waals surface area contributed by atoms with Crippen LogP contribution < -0.4 is 14.8 Å². The standard InChI is InChI=1S/C18H28N2O3/c1-4-5-8-19-18(21)7-10-20-9-6-14-11-16(22-2)17(23-3)12-15(14)13-20/h11-12H,4-10,13H2,1-3H3,(H,19,21). The van der Waals surface area contributed by atoms with Gasteiger partial charge in [0.2, 0.25) is 5.91 Å². The van der Waals surface area contributed by atoms with Crippen LogP contribution in [0.5, 0.6) is 11.5 Å². The molecule has 128 valence electrons. The van der Waals surface area contributed by atoms with Crippen molar-refractivity contribution in [3.8, 4) is 11.5 Å². The fraction of sp³-hybridized carbons (Fsp3) is 0.611.